The second-order valence-electron chi connectivity index (χ2n) is 6.55. The molecule has 0 aromatic carbocycles. The first-order valence-corrected chi connectivity index (χ1v) is 10.0. The molecular weight excluding hydrogens is 314 g/mol. The molecule has 0 spiro atoms. The van der Waals surface area contributed by atoms with Crippen molar-refractivity contribution in [3.63, 3.8) is 0 Å². The van der Waals surface area contributed by atoms with Gasteiger partial charge in [-0.05, 0) is 39.2 Å². The molecule has 1 aromatic rings. The molecule has 23 heavy (non-hydrogen) atoms. The highest BCUT2D eigenvalue weighted by Gasteiger charge is 2.35. The fourth-order valence-electron chi connectivity index (χ4n) is 3.83. The molecule has 7 nitrogen and oxygen atoms in total. The van der Waals surface area contributed by atoms with E-state index < -0.39 is 10.0 Å². The van der Waals surface area contributed by atoms with Crippen LogP contribution in [0.1, 0.15) is 43.2 Å². The van der Waals surface area contributed by atoms with Gasteiger partial charge in [-0.25, -0.2) is 22.7 Å². The Morgan fingerprint density at radius 1 is 1.17 bits per heavy atom. The molecule has 0 aliphatic carbocycles. The Hall–Kier alpha value is -1.25. The lowest BCUT2D eigenvalue weighted by atomic mass is 10.0. The van der Waals surface area contributed by atoms with Gasteiger partial charge in [0, 0.05) is 25.2 Å². The Morgan fingerprint density at radius 3 is 2.48 bits per heavy atom. The van der Waals surface area contributed by atoms with Crippen molar-refractivity contribution in [3.05, 3.63) is 17.6 Å². The van der Waals surface area contributed by atoms with Gasteiger partial charge in [0.1, 0.15) is 11.6 Å². The van der Waals surface area contributed by atoms with Gasteiger partial charge < -0.3 is 5.73 Å². The highest BCUT2D eigenvalue weighted by molar-refractivity contribution is 7.88. The fraction of sp³-hybridized carbons (Fsp3) is 0.733. The zero-order valence-corrected chi connectivity index (χ0v) is 14.6. The number of likely N-dealkylation sites (tertiary alicyclic amines) is 1. The summed E-state index contributed by atoms with van der Waals surface area (Å²) in [7, 11) is -3.07. The highest BCUT2D eigenvalue weighted by atomic mass is 32.2. The summed E-state index contributed by atoms with van der Waals surface area (Å²) in [6.07, 6.45) is 5.26. The largest absolute Gasteiger partial charge is 0.384 e. The molecule has 3 rings (SSSR count). The minimum absolute atomic E-state index is 0.272. The van der Waals surface area contributed by atoms with Gasteiger partial charge in [-0.1, -0.05) is 0 Å². The zero-order chi connectivity index (χ0) is 16.6. The number of aryl methyl sites for hydroxylation is 1. The van der Waals surface area contributed by atoms with Gasteiger partial charge in [-0.2, -0.15) is 0 Å². The van der Waals surface area contributed by atoms with Crippen LogP contribution in [-0.4, -0.2) is 59.5 Å². The van der Waals surface area contributed by atoms with Crippen molar-refractivity contribution in [1.29, 1.82) is 0 Å². The third-order valence-electron chi connectivity index (χ3n) is 4.87. The van der Waals surface area contributed by atoms with Crippen molar-refractivity contribution in [1.82, 2.24) is 19.2 Å². The minimum atomic E-state index is -3.07. The van der Waals surface area contributed by atoms with E-state index in [9.17, 15) is 8.42 Å². The van der Waals surface area contributed by atoms with Crippen molar-refractivity contribution in [3.8, 4) is 0 Å². The predicted molar refractivity (Wildman–Crippen MR) is 89.3 cm³/mol. The quantitative estimate of drug-likeness (QED) is 0.880. The molecular formula is C15H25N5O2S. The summed E-state index contributed by atoms with van der Waals surface area (Å²) in [5.74, 6) is 1.23. The van der Waals surface area contributed by atoms with Gasteiger partial charge in [0.05, 0.1) is 18.0 Å². The maximum Gasteiger partial charge on any atom is 0.211 e. The van der Waals surface area contributed by atoms with Crippen LogP contribution < -0.4 is 5.73 Å². The molecule has 8 heteroatoms. The maximum absolute atomic E-state index is 11.7. The van der Waals surface area contributed by atoms with Crippen molar-refractivity contribution >= 4 is 15.8 Å². The van der Waals surface area contributed by atoms with Crippen molar-refractivity contribution in [2.75, 3.05) is 31.6 Å². The van der Waals surface area contributed by atoms with Crippen LogP contribution in [0.15, 0.2) is 6.07 Å². The lowest BCUT2D eigenvalue weighted by molar-refractivity contribution is 0.125. The SMILES string of the molecule is Cc1nc(N)cc([C@@H]2CCCN2C2CCN(S(C)(=O)=O)CC2)n1. The third kappa shape index (κ3) is 3.64. The maximum atomic E-state index is 11.7. The number of nitrogens with zero attached hydrogens (tertiary/aromatic N) is 4. The van der Waals surface area contributed by atoms with Gasteiger partial charge >= 0.3 is 0 Å². The number of aromatic nitrogens is 2. The monoisotopic (exact) mass is 339 g/mol. The van der Waals surface area contributed by atoms with E-state index in [0.717, 1.165) is 37.9 Å². The van der Waals surface area contributed by atoms with Crippen LogP contribution >= 0.6 is 0 Å². The zero-order valence-electron chi connectivity index (χ0n) is 13.8. The summed E-state index contributed by atoms with van der Waals surface area (Å²) < 4.78 is 24.9. The molecule has 2 fully saturated rings. The molecule has 128 valence electrons. The van der Waals surface area contributed by atoms with Crippen LogP contribution in [0.5, 0.6) is 0 Å². The van der Waals surface area contributed by atoms with Gasteiger partial charge in [-0.3, -0.25) is 4.90 Å². The number of sulfonamides is 1. The van der Waals surface area contributed by atoms with Crippen LogP contribution in [0, 0.1) is 6.92 Å². The molecule has 2 aliphatic rings. The number of piperidine rings is 1. The second kappa shape index (κ2) is 6.33. The predicted octanol–water partition coefficient (Wildman–Crippen LogP) is 0.928. The summed E-state index contributed by atoms with van der Waals surface area (Å²) in [4.78, 5) is 11.2. The Bertz CT molecular complexity index is 650. The Labute approximate surface area is 137 Å². The van der Waals surface area contributed by atoms with Crippen molar-refractivity contribution < 1.29 is 8.42 Å². The molecule has 2 aliphatic heterocycles. The van der Waals surface area contributed by atoms with E-state index in [4.69, 9.17) is 5.73 Å². The Balaban J connectivity index is 1.73. The summed E-state index contributed by atoms with van der Waals surface area (Å²) >= 11 is 0. The molecule has 0 unspecified atom stereocenters. The van der Waals surface area contributed by atoms with E-state index in [1.54, 1.807) is 4.31 Å². The molecule has 3 heterocycles. The molecule has 1 aromatic heterocycles. The Kier molecular flexibility index (Phi) is 4.57. The molecule has 0 amide bonds. The molecule has 2 saturated heterocycles. The fourth-order valence-corrected chi connectivity index (χ4v) is 4.71. The second-order valence-corrected chi connectivity index (χ2v) is 8.54. The van der Waals surface area contributed by atoms with Crippen LogP contribution in [-0.2, 0) is 10.0 Å². The number of nitrogen functional groups attached to an aromatic ring is 1. The summed E-state index contributed by atoms with van der Waals surface area (Å²) in [6.45, 7) is 4.12. The standard InChI is InChI=1S/C15H25N5O2S/c1-11-17-13(10-15(16)18-11)14-4-3-7-20(14)12-5-8-19(9-6-12)23(2,21)22/h10,12,14H,3-9H2,1-2H3,(H2,16,17,18)/t14-/m0/s1. The summed E-state index contributed by atoms with van der Waals surface area (Å²) in [5, 5.41) is 0. The molecule has 0 bridgehead atoms. The average molecular weight is 339 g/mol. The van der Waals surface area contributed by atoms with E-state index in [1.807, 2.05) is 13.0 Å². The van der Waals surface area contributed by atoms with Crippen LogP contribution in [0.4, 0.5) is 5.82 Å². The third-order valence-corrected chi connectivity index (χ3v) is 6.18. The van der Waals surface area contributed by atoms with E-state index >= 15 is 0 Å². The molecule has 2 N–H and O–H groups in total. The number of hydrogen-bond acceptors (Lipinski definition) is 6. The van der Waals surface area contributed by atoms with Gasteiger partial charge in [0.25, 0.3) is 0 Å². The van der Waals surface area contributed by atoms with E-state index in [1.165, 1.54) is 6.26 Å². The molecule has 1 atom stereocenters. The van der Waals surface area contributed by atoms with E-state index in [2.05, 4.69) is 14.9 Å². The first kappa shape index (κ1) is 16.6. The first-order valence-electron chi connectivity index (χ1n) is 8.16. The number of nitrogens with two attached hydrogens (primary N) is 1. The van der Waals surface area contributed by atoms with Gasteiger partial charge in [0.2, 0.25) is 10.0 Å². The number of rotatable bonds is 3. The number of anilines is 1. The smallest absolute Gasteiger partial charge is 0.211 e. The highest BCUT2D eigenvalue weighted by Crippen LogP contribution is 2.36. The van der Waals surface area contributed by atoms with Gasteiger partial charge in [0.15, 0.2) is 0 Å². The Morgan fingerprint density at radius 2 is 1.87 bits per heavy atom. The summed E-state index contributed by atoms with van der Waals surface area (Å²) in [5.41, 5.74) is 6.87. The summed E-state index contributed by atoms with van der Waals surface area (Å²) in [6, 6.07) is 2.56. The van der Waals surface area contributed by atoms with E-state index in [-0.39, 0.29) is 6.04 Å². The topological polar surface area (TPSA) is 92.4 Å². The van der Waals surface area contributed by atoms with Crippen LogP contribution in [0.25, 0.3) is 0 Å². The minimum Gasteiger partial charge on any atom is -0.384 e. The van der Waals surface area contributed by atoms with Gasteiger partial charge in [-0.15, -0.1) is 0 Å². The first-order chi connectivity index (χ1) is 10.8. The lowest BCUT2D eigenvalue weighted by Crippen LogP contribution is -2.46. The normalized spacial score (nSPS) is 25.0. The molecule has 0 radical (unpaired) electrons. The van der Waals surface area contributed by atoms with Crippen molar-refractivity contribution in [2.24, 2.45) is 0 Å². The average Bonchev–Trinajstić information content (AvgIpc) is 2.95. The van der Waals surface area contributed by atoms with Crippen LogP contribution in [0.3, 0.4) is 0 Å². The van der Waals surface area contributed by atoms with E-state index in [0.29, 0.717) is 30.8 Å². The van der Waals surface area contributed by atoms with Crippen LogP contribution in [0.2, 0.25) is 0 Å². The molecule has 0 saturated carbocycles. The van der Waals surface area contributed by atoms with Crippen molar-refractivity contribution in [2.45, 2.75) is 44.7 Å². The lowest BCUT2D eigenvalue weighted by Gasteiger charge is -2.38. The number of hydrogen-bond donors (Lipinski definition) is 1.